The summed E-state index contributed by atoms with van der Waals surface area (Å²) < 4.78 is 0. The van der Waals surface area contributed by atoms with Crippen LogP contribution in [-0.2, 0) is 14.4 Å². The Kier molecular flexibility index (Phi) is 10.0. The number of hydrogen-bond acceptors (Lipinski definition) is 8. The molecule has 25 heavy (non-hydrogen) atoms. The standard InChI is InChI=1S/C12H24N6O7/c1-5(20)9(14)10(22)18-15-3-6(2-8(13)21)16-12(25)17-7(4-19)11(23)24/h5-7,9,15,19-20H,2-4,14H2,1H3,(H2,13,21)(H,18,22)(H,23,24)(H2,16,17,25). The van der Waals surface area contributed by atoms with Crippen molar-refractivity contribution in [3.8, 4) is 0 Å². The molecule has 0 saturated heterocycles. The van der Waals surface area contributed by atoms with Gasteiger partial charge in [0.05, 0.1) is 18.8 Å². The molecule has 0 aromatic carbocycles. The molecule has 0 aliphatic rings. The molecule has 0 aromatic rings. The second-order valence-corrected chi connectivity index (χ2v) is 5.20. The smallest absolute Gasteiger partial charge is 0.328 e. The van der Waals surface area contributed by atoms with Crippen molar-refractivity contribution in [3.63, 3.8) is 0 Å². The first-order valence-electron chi connectivity index (χ1n) is 7.23. The van der Waals surface area contributed by atoms with E-state index >= 15 is 0 Å². The molecule has 0 radical (unpaired) electrons. The highest BCUT2D eigenvalue weighted by Gasteiger charge is 2.22. The minimum atomic E-state index is -1.52. The van der Waals surface area contributed by atoms with Gasteiger partial charge in [-0.1, -0.05) is 0 Å². The number of aliphatic hydroxyl groups excluding tert-OH is 2. The fraction of sp³-hybridized carbons (Fsp3) is 0.667. The van der Waals surface area contributed by atoms with Crippen LogP contribution in [0.4, 0.5) is 4.79 Å². The van der Waals surface area contributed by atoms with E-state index in [1.165, 1.54) is 6.92 Å². The molecule has 0 aliphatic heterocycles. The molecule has 0 heterocycles. The maximum atomic E-state index is 11.7. The van der Waals surface area contributed by atoms with Gasteiger partial charge in [-0.2, -0.15) is 0 Å². The Morgan fingerprint density at radius 1 is 1.16 bits per heavy atom. The normalized spacial score (nSPS) is 15.4. The maximum absolute atomic E-state index is 11.7. The summed E-state index contributed by atoms with van der Waals surface area (Å²) in [5.74, 6) is -2.92. The lowest BCUT2D eigenvalue weighted by molar-refractivity contribution is -0.140. The van der Waals surface area contributed by atoms with E-state index in [0.717, 1.165) is 0 Å². The number of carbonyl (C=O) groups is 4. The fourth-order valence-electron chi connectivity index (χ4n) is 1.55. The van der Waals surface area contributed by atoms with Crippen LogP contribution in [0.1, 0.15) is 13.3 Å². The van der Waals surface area contributed by atoms with Crippen molar-refractivity contribution in [2.45, 2.75) is 37.6 Å². The zero-order valence-corrected chi connectivity index (χ0v) is 13.6. The number of carboxylic acid groups (broad SMARTS) is 1. The van der Waals surface area contributed by atoms with Gasteiger partial charge < -0.3 is 37.4 Å². The largest absolute Gasteiger partial charge is 0.480 e. The number of carbonyl (C=O) groups excluding carboxylic acids is 3. The summed E-state index contributed by atoms with van der Waals surface area (Å²) in [6, 6.07) is -4.56. The monoisotopic (exact) mass is 364 g/mol. The second kappa shape index (κ2) is 11.1. The van der Waals surface area contributed by atoms with Gasteiger partial charge in [-0.25, -0.2) is 15.0 Å². The highest BCUT2D eigenvalue weighted by atomic mass is 16.4. The third-order valence-electron chi connectivity index (χ3n) is 2.95. The predicted molar refractivity (Wildman–Crippen MR) is 83.6 cm³/mol. The Hall–Kier alpha value is -2.48. The number of primary amides is 1. The van der Waals surface area contributed by atoms with E-state index in [2.05, 4.69) is 16.2 Å². The molecule has 11 N–H and O–H groups in total. The molecule has 4 amide bonds. The molecule has 0 aromatic heterocycles. The zero-order chi connectivity index (χ0) is 19.6. The predicted octanol–water partition coefficient (Wildman–Crippen LogP) is -4.70. The first kappa shape index (κ1) is 22.5. The molecule has 144 valence electrons. The average Bonchev–Trinajstić information content (AvgIpc) is 2.50. The summed E-state index contributed by atoms with van der Waals surface area (Å²) in [4.78, 5) is 45.0. The van der Waals surface area contributed by atoms with Crippen molar-refractivity contribution in [3.05, 3.63) is 0 Å². The van der Waals surface area contributed by atoms with E-state index in [4.69, 9.17) is 21.7 Å². The van der Waals surface area contributed by atoms with Gasteiger partial charge >= 0.3 is 12.0 Å². The molecule has 0 spiro atoms. The lowest BCUT2D eigenvalue weighted by Crippen LogP contribution is -2.56. The third kappa shape index (κ3) is 9.41. The molecule has 0 fully saturated rings. The third-order valence-corrected chi connectivity index (χ3v) is 2.95. The molecular formula is C12H24N6O7. The number of nitrogens with one attached hydrogen (secondary N) is 4. The van der Waals surface area contributed by atoms with Crippen molar-refractivity contribution in [2.24, 2.45) is 11.5 Å². The molecular weight excluding hydrogens is 340 g/mol. The van der Waals surface area contributed by atoms with E-state index in [9.17, 15) is 24.3 Å². The molecule has 13 heteroatoms. The first-order chi connectivity index (χ1) is 11.6. The van der Waals surface area contributed by atoms with Crippen LogP contribution in [0, 0.1) is 0 Å². The number of hydrogen-bond donors (Lipinski definition) is 9. The first-order valence-corrected chi connectivity index (χ1v) is 7.23. The molecule has 0 bridgehead atoms. The van der Waals surface area contributed by atoms with Gasteiger partial charge in [0, 0.05) is 13.0 Å². The Morgan fingerprint density at radius 2 is 1.76 bits per heavy atom. The van der Waals surface area contributed by atoms with Crippen LogP contribution in [0.5, 0.6) is 0 Å². The lowest BCUT2D eigenvalue weighted by Gasteiger charge is -2.21. The highest BCUT2D eigenvalue weighted by Crippen LogP contribution is 1.92. The summed E-state index contributed by atoms with van der Waals surface area (Å²) in [6.45, 7) is 0.354. The number of nitrogens with two attached hydrogens (primary N) is 2. The van der Waals surface area contributed by atoms with Crippen LogP contribution in [0.2, 0.25) is 0 Å². The van der Waals surface area contributed by atoms with Crippen LogP contribution >= 0.6 is 0 Å². The minimum absolute atomic E-state index is 0.147. The maximum Gasteiger partial charge on any atom is 0.328 e. The number of urea groups is 1. The number of hydrazine groups is 1. The van der Waals surface area contributed by atoms with Crippen LogP contribution in [0.25, 0.3) is 0 Å². The Balaban J connectivity index is 4.55. The second-order valence-electron chi connectivity index (χ2n) is 5.20. The number of amides is 4. The molecule has 13 nitrogen and oxygen atoms in total. The van der Waals surface area contributed by atoms with Crippen LogP contribution in [0.3, 0.4) is 0 Å². The van der Waals surface area contributed by atoms with Crippen molar-refractivity contribution in [2.75, 3.05) is 13.2 Å². The van der Waals surface area contributed by atoms with Crippen LogP contribution < -0.4 is 33.0 Å². The van der Waals surface area contributed by atoms with Gasteiger partial charge in [0.2, 0.25) is 5.91 Å². The van der Waals surface area contributed by atoms with Crippen molar-refractivity contribution < 1.29 is 34.5 Å². The molecule has 0 aliphatic carbocycles. The van der Waals surface area contributed by atoms with Gasteiger partial charge in [-0.05, 0) is 6.92 Å². The van der Waals surface area contributed by atoms with Gasteiger partial charge in [0.25, 0.3) is 5.91 Å². The number of aliphatic carboxylic acids is 1. The Morgan fingerprint density at radius 3 is 2.20 bits per heavy atom. The van der Waals surface area contributed by atoms with E-state index < -0.39 is 54.7 Å². The Bertz CT molecular complexity index is 487. The van der Waals surface area contributed by atoms with Crippen LogP contribution in [0.15, 0.2) is 0 Å². The Labute approximate surface area is 143 Å². The fourth-order valence-corrected chi connectivity index (χ4v) is 1.55. The number of carboxylic acids is 1. The number of aliphatic hydroxyl groups is 2. The summed E-state index contributed by atoms with van der Waals surface area (Å²) >= 11 is 0. The summed E-state index contributed by atoms with van der Waals surface area (Å²) in [5.41, 5.74) is 15.0. The summed E-state index contributed by atoms with van der Waals surface area (Å²) in [5, 5.41) is 31.0. The van der Waals surface area contributed by atoms with Gasteiger partial charge in [-0.3, -0.25) is 15.0 Å². The van der Waals surface area contributed by atoms with Crippen LogP contribution in [-0.4, -0.2) is 76.5 Å². The van der Waals surface area contributed by atoms with E-state index in [1.807, 2.05) is 5.32 Å². The van der Waals surface area contributed by atoms with Gasteiger partial charge in [0.1, 0.15) is 6.04 Å². The minimum Gasteiger partial charge on any atom is -0.480 e. The van der Waals surface area contributed by atoms with Gasteiger partial charge in [-0.15, -0.1) is 0 Å². The molecule has 4 unspecified atom stereocenters. The molecule has 0 saturated carbocycles. The van der Waals surface area contributed by atoms with Crippen molar-refractivity contribution in [1.29, 1.82) is 0 Å². The molecule has 0 rings (SSSR count). The average molecular weight is 364 g/mol. The summed E-state index contributed by atoms with van der Waals surface area (Å²) in [6.07, 6.45) is -1.39. The molecule has 4 atom stereocenters. The van der Waals surface area contributed by atoms with E-state index in [0.29, 0.717) is 0 Å². The van der Waals surface area contributed by atoms with Crippen molar-refractivity contribution in [1.82, 2.24) is 21.5 Å². The SMILES string of the molecule is CC(O)C(N)C(=O)NNCC(CC(N)=O)NC(=O)NC(CO)C(=O)O. The quantitative estimate of drug-likeness (QED) is 0.160. The lowest BCUT2D eigenvalue weighted by atomic mass is 10.2. The number of rotatable bonds is 11. The van der Waals surface area contributed by atoms with Crippen molar-refractivity contribution >= 4 is 23.8 Å². The summed E-state index contributed by atoms with van der Waals surface area (Å²) in [7, 11) is 0. The topological polar surface area (TPSA) is 229 Å². The highest BCUT2D eigenvalue weighted by molar-refractivity contribution is 5.83. The van der Waals surface area contributed by atoms with E-state index in [1.54, 1.807) is 0 Å². The van der Waals surface area contributed by atoms with E-state index in [-0.39, 0.29) is 13.0 Å². The zero-order valence-electron chi connectivity index (χ0n) is 13.6. The van der Waals surface area contributed by atoms with Gasteiger partial charge in [0.15, 0.2) is 6.04 Å².